The molecule has 0 unspecified atom stereocenters. The van der Waals surface area contributed by atoms with Crippen molar-refractivity contribution in [1.29, 1.82) is 0 Å². The number of alkyl halides is 3. The highest BCUT2D eigenvalue weighted by Crippen LogP contribution is 2.39. The number of aliphatic imine (C=N–C) groups is 1. The minimum absolute atomic E-state index is 0.0287. The maximum absolute atomic E-state index is 14.2. The molecule has 0 spiro atoms. The van der Waals surface area contributed by atoms with E-state index in [0.29, 0.717) is 19.2 Å². The lowest BCUT2D eigenvalue weighted by Crippen LogP contribution is -2.28. The van der Waals surface area contributed by atoms with Gasteiger partial charge in [-0.25, -0.2) is 9.37 Å². The first-order chi connectivity index (χ1) is 14.3. The van der Waals surface area contributed by atoms with Gasteiger partial charge >= 0.3 is 6.18 Å². The SMILES string of the molecule is O=C1CC(=NCCN2CCCC2)C(=O)c2oc(-c3c(F)cccc3C(F)(F)F)nc21. The van der Waals surface area contributed by atoms with Gasteiger partial charge in [-0.3, -0.25) is 14.6 Å². The molecule has 1 aromatic carbocycles. The number of carbonyl (C=O) groups is 2. The lowest BCUT2D eigenvalue weighted by Gasteiger charge is -2.13. The largest absolute Gasteiger partial charge is 0.432 e. The van der Waals surface area contributed by atoms with E-state index in [2.05, 4.69) is 14.9 Å². The Morgan fingerprint density at radius 3 is 2.60 bits per heavy atom. The van der Waals surface area contributed by atoms with Crippen LogP contribution in [-0.4, -0.2) is 53.3 Å². The summed E-state index contributed by atoms with van der Waals surface area (Å²) in [6, 6.07) is 2.41. The van der Waals surface area contributed by atoms with Crippen LogP contribution in [0.15, 0.2) is 27.6 Å². The van der Waals surface area contributed by atoms with Gasteiger partial charge in [0.2, 0.25) is 17.4 Å². The van der Waals surface area contributed by atoms with Gasteiger partial charge in [-0.2, -0.15) is 13.2 Å². The van der Waals surface area contributed by atoms with Gasteiger partial charge in [0, 0.05) is 6.54 Å². The molecule has 1 aromatic heterocycles. The van der Waals surface area contributed by atoms with Crippen LogP contribution >= 0.6 is 0 Å². The molecule has 2 heterocycles. The van der Waals surface area contributed by atoms with E-state index in [1.54, 1.807) is 0 Å². The van der Waals surface area contributed by atoms with Crippen LogP contribution in [0.4, 0.5) is 17.6 Å². The Morgan fingerprint density at radius 2 is 1.90 bits per heavy atom. The summed E-state index contributed by atoms with van der Waals surface area (Å²) in [4.78, 5) is 35.2. The molecular weight excluding hydrogens is 406 g/mol. The Labute approximate surface area is 168 Å². The Hall–Kier alpha value is -2.88. The second-order valence-corrected chi connectivity index (χ2v) is 7.16. The molecule has 0 saturated carbocycles. The highest BCUT2D eigenvalue weighted by molar-refractivity contribution is 6.51. The Morgan fingerprint density at radius 1 is 1.17 bits per heavy atom. The van der Waals surface area contributed by atoms with E-state index in [1.165, 1.54) is 0 Å². The van der Waals surface area contributed by atoms with Crippen molar-refractivity contribution in [3.8, 4) is 11.5 Å². The summed E-state index contributed by atoms with van der Waals surface area (Å²) < 4.78 is 59.3. The zero-order valence-electron chi connectivity index (χ0n) is 15.8. The summed E-state index contributed by atoms with van der Waals surface area (Å²) in [6.07, 6.45) is -2.98. The summed E-state index contributed by atoms with van der Waals surface area (Å²) >= 11 is 0. The number of hydrogen-bond donors (Lipinski definition) is 0. The average molecular weight is 423 g/mol. The number of Topliss-reactive ketones (excluding diaryl/α,β-unsaturated/α-hetero) is 2. The summed E-state index contributed by atoms with van der Waals surface area (Å²) in [6.45, 7) is 2.87. The van der Waals surface area contributed by atoms with Gasteiger partial charge < -0.3 is 9.32 Å². The molecule has 4 rings (SSSR count). The van der Waals surface area contributed by atoms with E-state index in [1.807, 2.05) is 0 Å². The fourth-order valence-electron chi connectivity index (χ4n) is 3.66. The van der Waals surface area contributed by atoms with E-state index in [4.69, 9.17) is 4.42 Å². The molecule has 158 valence electrons. The number of rotatable bonds is 4. The number of ketones is 2. The third-order valence-electron chi connectivity index (χ3n) is 5.14. The lowest BCUT2D eigenvalue weighted by molar-refractivity contribution is -0.137. The third kappa shape index (κ3) is 3.79. The molecule has 1 aliphatic carbocycles. The summed E-state index contributed by atoms with van der Waals surface area (Å²) in [5.74, 6) is -3.80. The number of aromatic nitrogens is 1. The molecule has 0 atom stereocenters. The second kappa shape index (κ2) is 7.75. The number of halogens is 4. The number of fused-ring (bicyclic) bond motifs is 1. The van der Waals surface area contributed by atoms with Crippen LogP contribution in [0.5, 0.6) is 0 Å². The van der Waals surface area contributed by atoms with Crippen LogP contribution in [0.3, 0.4) is 0 Å². The molecule has 0 radical (unpaired) electrons. The topological polar surface area (TPSA) is 75.8 Å². The number of nitrogens with zero attached hydrogens (tertiary/aromatic N) is 3. The van der Waals surface area contributed by atoms with E-state index in [0.717, 1.165) is 38.1 Å². The predicted molar refractivity (Wildman–Crippen MR) is 98.2 cm³/mol. The Bertz CT molecular complexity index is 1040. The van der Waals surface area contributed by atoms with E-state index >= 15 is 0 Å². The number of benzene rings is 1. The average Bonchev–Trinajstić information content (AvgIpc) is 3.35. The molecule has 2 aromatic rings. The minimum Gasteiger partial charge on any atom is -0.432 e. The normalized spacial score (nSPS) is 19.0. The van der Waals surface area contributed by atoms with Crippen LogP contribution in [0, 0.1) is 5.82 Å². The summed E-state index contributed by atoms with van der Waals surface area (Å²) in [5, 5.41) is 0. The molecule has 30 heavy (non-hydrogen) atoms. The highest BCUT2D eigenvalue weighted by atomic mass is 19.4. The molecule has 0 amide bonds. The summed E-state index contributed by atoms with van der Waals surface area (Å²) in [7, 11) is 0. The van der Waals surface area contributed by atoms with E-state index in [-0.39, 0.29) is 12.1 Å². The molecular formula is C20H17F4N3O3. The first kappa shape index (κ1) is 20.4. The molecule has 10 heteroatoms. The number of carbonyl (C=O) groups excluding carboxylic acids is 2. The smallest absolute Gasteiger partial charge is 0.417 e. The van der Waals surface area contributed by atoms with Crippen molar-refractivity contribution in [3.63, 3.8) is 0 Å². The maximum Gasteiger partial charge on any atom is 0.417 e. The van der Waals surface area contributed by atoms with Gasteiger partial charge in [0.15, 0.2) is 11.5 Å². The van der Waals surface area contributed by atoms with Crippen molar-refractivity contribution in [2.75, 3.05) is 26.2 Å². The van der Waals surface area contributed by atoms with Crippen molar-refractivity contribution in [2.24, 2.45) is 4.99 Å². The van der Waals surface area contributed by atoms with Crippen LogP contribution in [-0.2, 0) is 6.18 Å². The van der Waals surface area contributed by atoms with Crippen molar-refractivity contribution >= 4 is 17.3 Å². The van der Waals surface area contributed by atoms with E-state index < -0.39 is 52.0 Å². The van der Waals surface area contributed by atoms with Crippen molar-refractivity contribution in [3.05, 3.63) is 41.0 Å². The predicted octanol–water partition coefficient (Wildman–Crippen LogP) is 3.81. The lowest BCUT2D eigenvalue weighted by atomic mass is 9.97. The molecule has 0 bridgehead atoms. The van der Waals surface area contributed by atoms with Gasteiger partial charge in [-0.15, -0.1) is 0 Å². The highest BCUT2D eigenvalue weighted by Gasteiger charge is 2.39. The number of hydrogen-bond acceptors (Lipinski definition) is 6. The van der Waals surface area contributed by atoms with Gasteiger partial charge in [0.1, 0.15) is 5.82 Å². The Balaban J connectivity index is 1.65. The first-order valence-corrected chi connectivity index (χ1v) is 9.46. The monoisotopic (exact) mass is 423 g/mol. The summed E-state index contributed by atoms with van der Waals surface area (Å²) in [5.41, 5.74) is -2.67. The van der Waals surface area contributed by atoms with Crippen LogP contribution in [0.1, 0.15) is 45.9 Å². The fourth-order valence-corrected chi connectivity index (χ4v) is 3.66. The van der Waals surface area contributed by atoms with Crippen molar-refractivity contribution in [2.45, 2.75) is 25.4 Å². The van der Waals surface area contributed by atoms with Crippen molar-refractivity contribution < 1.29 is 31.6 Å². The molecule has 0 N–H and O–H groups in total. The Kier molecular flexibility index (Phi) is 5.27. The zero-order chi connectivity index (χ0) is 21.5. The number of oxazole rings is 1. The van der Waals surface area contributed by atoms with Gasteiger partial charge in [-0.05, 0) is 38.1 Å². The molecule has 6 nitrogen and oxygen atoms in total. The van der Waals surface area contributed by atoms with Crippen molar-refractivity contribution in [1.82, 2.24) is 9.88 Å². The number of likely N-dealkylation sites (tertiary alicyclic amines) is 1. The zero-order valence-corrected chi connectivity index (χ0v) is 15.8. The minimum atomic E-state index is -4.87. The van der Waals surface area contributed by atoms with Crippen LogP contribution in [0.25, 0.3) is 11.5 Å². The molecule has 2 aliphatic rings. The van der Waals surface area contributed by atoms with Crippen LogP contribution in [0.2, 0.25) is 0 Å². The second-order valence-electron chi connectivity index (χ2n) is 7.16. The van der Waals surface area contributed by atoms with Gasteiger partial charge in [0.05, 0.1) is 29.8 Å². The first-order valence-electron chi connectivity index (χ1n) is 9.46. The van der Waals surface area contributed by atoms with Gasteiger partial charge in [-0.1, -0.05) is 6.07 Å². The quantitative estimate of drug-likeness (QED) is 0.700. The van der Waals surface area contributed by atoms with Crippen LogP contribution < -0.4 is 0 Å². The standard InChI is InChI=1S/C20H17F4N3O3/c21-12-5-3-4-11(20(22,23)24)15(12)19-26-16-14(28)10-13(17(29)18(16)30-19)25-6-9-27-7-1-2-8-27/h3-5H,1-2,6-10H2. The third-order valence-corrected chi connectivity index (χ3v) is 5.14. The molecule has 1 saturated heterocycles. The molecule has 1 aliphatic heterocycles. The molecule has 1 fully saturated rings. The van der Waals surface area contributed by atoms with E-state index in [9.17, 15) is 27.2 Å². The maximum atomic E-state index is 14.2. The van der Waals surface area contributed by atoms with Gasteiger partial charge in [0.25, 0.3) is 0 Å². The fraction of sp³-hybridized carbons (Fsp3) is 0.400.